The molecule has 0 aromatic heterocycles. The second-order valence-electron chi connectivity index (χ2n) is 6.06. The molecule has 2 N–H and O–H groups in total. The summed E-state index contributed by atoms with van der Waals surface area (Å²) in [6.45, 7) is 5.12. The Kier molecular flexibility index (Phi) is 9.14. The van der Waals surface area contributed by atoms with Gasteiger partial charge in [0.25, 0.3) is 0 Å². The first-order chi connectivity index (χ1) is 13.3. The van der Waals surface area contributed by atoms with Crippen molar-refractivity contribution >= 4 is 23.9 Å². The first-order valence-corrected chi connectivity index (χ1v) is 9.30. The molecule has 0 aliphatic carbocycles. The zero-order valence-corrected chi connectivity index (χ0v) is 16.4. The molecule has 0 saturated heterocycles. The number of hydrogen-bond acceptors (Lipinski definition) is 6. The van der Waals surface area contributed by atoms with E-state index in [1.54, 1.807) is 13.8 Å². The van der Waals surface area contributed by atoms with Crippen molar-refractivity contribution in [3.63, 3.8) is 0 Å². The van der Waals surface area contributed by atoms with Gasteiger partial charge in [-0.1, -0.05) is 26.2 Å². The van der Waals surface area contributed by atoms with Crippen LogP contribution in [-0.4, -0.2) is 47.3 Å². The second kappa shape index (κ2) is 11.1. The van der Waals surface area contributed by atoms with Crippen LogP contribution in [0.3, 0.4) is 0 Å². The average molecular weight is 394 g/mol. The molecular weight excluding hydrogens is 368 g/mol. The van der Waals surface area contributed by atoms with E-state index in [4.69, 9.17) is 9.47 Å². The Labute approximate surface area is 163 Å². The fourth-order valence-electron chi connectivity index (χ4n) is 2.95. The number of carboxylic acids is 2. The van der Waals surface area contributed by atoms with Crippen LogP contribution in [0.4, 0.5) is 0 Å². The Morgan fingerprint density at radius 1 is 0.786 bits per heavy atom. The molecule has 0 fully saturated rings. The van der Waals surface area contributed by atoms with Crippen LogP contribution in [0, 0.1) is 0 Å². The van der Waals surface area contributed by atoms with Crippen molar-refractivity contribution < 1.29 is 38.9 Å². The van der Waals surface area contributed by atoms with Gasteiger partial charge >= 0.3 is 23.9 Å². The summed E-state index contributed by atoms with van der Waals surface area (Å²) in [5, 5.41) is 19.4. The lowest BCUT2D eigenvalue weighted by molar-refractivity contribution is 0.0504. The molecule has 8 heteroatoms. The van der Waals surface area contributed by atoms with E-state index in [0.29, 0.717) is 6.42 Å². The molecule has 0 amide bonds. The average Bonchev–Trinajstić information content (AvgIpc) is 2.63. The Morgan fingerprint density at radius 2 is 1.25 bits per heavy atom. The lowest BCUT2D eigenvalue weighted by atomic mass is 9.88. The fraction of sp³-hybridized carbons (Fsp3) is 0.500. The van der Waals surface area contributed by atoms with Crippen LogP contribution in [0.25, 0.3) is 0 Å². The molecule has 1 aromatic rings. The predicted octanol–water partition coefficient (Wildman–Crippen LogP) is 3.56. The van der Waals surface area contributed by atoms with E-state index in [0.717, 1.165) is 25.3 Å². The summed E-state index contributed by atoms with van der Waals surface area (Å²) in [5.41, 5.74) is -1.66. The topological polar surface area (TPSA) is 127 Å². The highest BCUT2D eigenvalue weighted by Crippen LogP contribution is 2.28. The third kappa shape index (κ3) is 5.55. The normalized spacial score (nSPS) is 10.4. The van der Waals surface area contributed by atoms with E-state index in [2.05, 4.69) is 0 Å². The minimum atomic E-state index is -1.45. The summed E-state index contributed by atoms with van der Waals surface area (Å²) in [4.78, 5) is 48.5. The number of carboxylic acid groups (broad SMARTS) is 2. The van der Waals surface area contributed by atoms with Gasteiger partial charge in [0.15, 0.2) is 0 Å². The highest BCUT2D eigenvalue weighted by atomic mass is 16.5. The summed E-state index contributed by atoms with van der Waals surface area (Å²) in [7, 11) is 0. The molecule has 0 saturated carbocycles. The molecule has 0 heterocycles. The molecule has 154 valence electrons. The Hall–Kier alpha value is -2.90. The van der Waals surface area contributed by atoms with E-state index in [1.165, 1.54) is 0 Å². The van der Waals surface area contributed by atoms with Crippen molar-refractivity contribution in [1.82, 2.24) is 0 Å². The molecule has 0 unspecified atom stereocenters. The number of aromatic carboxylic acids is 2. The molecule has 8 nitrogen and oxygen atoms in total. The Balaban J connectivity index is 3.75. The van der Waals surface area contributed by atoms with Crippen LogP contribution in [0.2, 0.25) is 0 Å². The molecule has 28 heavy (non-hydrogen) atoms. The SMILES string of the molecule is CCCCCCc1c(C(=O)O)c(C(=O)OCC)cc(C(=O)OCC)c1C(=O)O. The highest BCUT2D eigenvalue weighted by Gasteiger charge is 2.31. The van der Waals surface area contributed by atoms with Crippen molar-refractivity contribution in [2.45, 2.75) is 52.9 Å². The van der Waals surface area contributed by atoms with Crippen LogP contribution < -0.4 is 0 Å². The van der Waals surface area contributed by atoms with Gasteiger partial charge in [0, 0.05) is 0 Å². The zero-order chi connectivity index (χ0) is 21.3. The summed E-state index contributed by atoms with van der Waals surface area (Å²) in [5.74, 6) is -4.77. The zero-order valence-electron chi connectivity index (χ0n) is 16.4. The standard InChI is InChI=1S/C20H26O8/c1-4-7-8-9-10-12-15(17(21)22)13(19(25)27-5-2)11-14(16(12)18(23)24)20(26)28-6-3/h11H,4-10H2,1-3H3,(H,21,22)(H,23,24). The number of carbonyl (C=O) groups is 4. The maximum Gasteiger partial charge on any atom is 0.339 e. The maximum atomic E-state index is 12.3. The first kappa shape index (κ1) is 23.1. The number of hydrogen-bond donors (Lipinski definition) is 2. The van der Waals surface area contributed by atoms with Gasteiger partial charge in [0.2, 0.25) is 0 Å². The van der Waals surface area contributed by atoms with Crippen molar-refractivity contribution in [2.24, 2.45) is 0 Å². The minimum Gasteiger partial charge on any atom is -0.478 e. The van der Waals surface area contributed by atoms with Crippen LogP contribution in [0.5, 0.6) is 0 Å². The second-order valence-corrected chi connectivity index (χ2v) is 6.06. The number of rotatable bonds is 11. The van der Waals surface area contributed by atoms with E-state index in [1.807, 2.05) is 6.92 Å². The third-order valence-corrected chi connectivity index (χ3v) is 4.13. The molecule has 0 aliphatic heterocycles. The molecule has 0 bridgehead atoms. The third-order valence-electron chi connectivity index (χ3n) is 4.13. The summed E-state index contributed by atoms with van der Waals surface area (Å²) in [6.07, 6.45) is 3.21. The van der Waals surface area contributed by atoms with E-state index in [-0.39, 0.29) is 36.3 Å². The molecule has 0 aliphatic rings. The maximum absolute atomic E-state index is 12.3. The number of ether oxygens (including phenoxy) is 2. The lowest BCUT2D eigenvalue weighted by Crippen LogP contribution is -2.22. The van der Waals surface area contributed by atoms with Gasteiger partial charge in [-0.2, -0.15) is 0 Å². The van der Waals surface area contributed by atoms with Gasteiger partial charge in [-0.05, 0) is 38.3 Å². The molecule has 0 radical (unpaired) electrons. The molecule has 0 atom stereocenters. The molecule has 0 spiro atoms. The predicted molar refractivity (Wildman–Crippen MR) is 100 cm³/mol. The van der Waals surface area contributed by atoms with E-state index >= 15 is 0 Å². The monoisotopic (exact) mass is 394 g/mol. The number of esters is 2. The Morgan fingerprint density at radius 3 is 1.61 bits per heavy atom. The summed E-state index contributed by atoms with van der Waals surface area (Å²) < 4.78 is 9.82. The fourth-order valence-corrected chi connectivity index (χ4v) is 2.95. The van der Waals surface area contributed by atoms with E-state index in [9.17, 15) is 29.4 Å². The largest absolute Gasteiger partial charge is 0.478 e. The van der Waals surface area contributed by atoms with Crippen molar-refractivity contribution in [1.29, 1.82) is 0 Å². The van der Waals surface area contributed by atoms with E-state index < -0.39 is 35.0 Å². The number of unbranched alkanes of at least 4 members (excludes halogenated alkanes) is 3. The highest BCUT2D eigenvalue weighted by molar-refractivity contribution is 6.11. The van der Waals surface area contributed by atoms with Gasteiger partial charge in [-0.3, -0.25) is 0 Å². The quantitative estimate of drug-likeness (QED) is 0.431. The summed E-state index contributed by atoms with van der Waals surface area (Å²) >= 11 is 0. The number of benzene rings is 1. The van der Waals surface area contributed by atoms with Gasteiger partial charge in [-0.15, -0.1) is 0 Å². The van der Waals surface area contributed by atoms with Crippen molar-refractivity contribution in [3.05, 3.63) is 33.9 Å². The van der Waals surface area contributed by atoms with Crippen molar-refractivity contribution in [3.8, 4) is 0 Å². The van der Waals surface area contributed by atoms with Crippen LogP contribution in [-0.2, 0) is 15.9 Å². The lowest BCUT2D eigenvalue weighted by Gasteiger charge is -2.17. The smallest absolute Gasteiger partial charge is 0.339 e. The molecule has 1 aromatic carbocycles. The van der Waals surface area contributed by atoms with Gasteiger partial charge in [-0.25, -0.2) is 19.2 Å². The van der Waals surface area contributed by atoms with Gasteiger partial charge < -0.3 is 19.7 Å². The van der Waals surface area contributed by atoms with Crippen LogP contribution >= 0.6 is 0 Å². The molecule has 1 rings (SSSR count). The first-order valence-electron chi connectivity index (χ1n) is 9.30. The van der Waals surface area contributed by atoms with Gasteiger partial charge in [0.1, 0.15) is 0 Å². The minimum absolute atomic E-state index is 0.000846. The van der Waals surface area contributed by atoms with Crippen LogP contribution in [0.15, 0.2) is 6.07 Å². The van der Waals surface area contributed by atoms with Gasteiger partial charge in [0.05, 0.1) is 35.5 Å². The van der Waals surface area contributed by atoms with Crippen molar-refractivity contribution in [2.75, 3.05) is 13.2 Å². The van der Waals surface area contributed by atoms with Crippen LogP contribution in [0.1, 0.15) is 93.4 Å². The molecular formula is C20H26O8. The number of carbonyl (C=O) groups excluding carboxylic acids is 2. The Bertz CT molecular complexity index is 697. The summed E-state index contributed by atoms with van der Waals surface area (Å²) in [6, 6.07) is 0.943.